The predicted molar refractivity (Wildman–Crippen MR) is 51.3 cm³/mol. The largest absolute Gasteiger partial charge is 0.477 e. The number of H-pyrrole nitrogens is 1. The molecular weight excluding hydrogens is 196 g/mol. The number of aryl methyl sites for hydroxylation is 1. The standard InChI is InChI=1S/C9H8N4O2/c1-5-2-3-10-8(12-5)6-4-11-13-7(6)9(14)15/h2-4H,1H3,(H,11,13)(H,14,15). The zero-order chi connectivity index (χ0) is 10.8. The van der Waals surface area contributed by atoms with Gasteiger partial charge in [-0.15, -0.1) is 0 Å². The maximum Gasteiger partial charge on any atom is 0.354 e. The molecule has 0 amide bonds. The lowest BCUT2D eigenvalue weighted by atomic mass is 10.2. The smallest absolute Gasteiger partial charge is 0.354 e. The molecule has 76 valence electrons. The Morgan fingerprint density at radius 1 is 1.53 bits per heavy atom. The molecule has 0 aliphatic carbocycles. The molecule has 2 rings (SSSR count). The molecule has 6 heteroatoms. The molecule has 2 aromatic heterocycles. The second kappa shape index (κ2) is 3.49. The van der Waals surface area contributed by atoms with Crippen LogP contribution in [0.1, 0.15) is 16.2 Å². The normalized spacial score (nSPS) is 10.2. The first-order chi connectivity index (χ1) is 7.18. The summed E-state index contributed by atoms with van der Waals surface area (Å²) in [5, 5.41) is 14.9. The van der Waals surface area contributed by atoms with Crippen LogP contribution in [-0.4, -0.2) is 31.2 Å². The van der Waals surface area contributed by atoms with E-state index in [0.717, 1.165) is 5.69 Å². The number of nitrogens with one attached hydrogen (secondary N) is 1. The first-order valence-corrected chi connectivity index (χ1v) is 4.25. The second-order valence-electron chi connectivity index (χ2n) is 2.99. The number of hydrogen-bond donors (Lipinski definition) is 2. The molecule has 2 N–H and O–H groups in total. The number of carbonyl (C=O) groups is 1. The van der Waals surface area contributed by atoms with Crippen molar-refractivity contribution in [2.45, 2.75) is 6.92 Å². The van der Waals surface area contributed by atoms with E-state index in [1.807, 2.05) is 6.92 Å². The number of hydrogen-bond acceptors (Lipinski definition) is 4. The van der Waals surface area contributed by atoms with Crippen molar-refractivity contribution >= 4 is 5.97 Å². The summed E-state index contributed by atoms with van der Waals surface area (Å²) >= 11 is 0. The maximum absolute atomic E-state index is 10.8. The van der Waals surface area contributed by atoms with E-state index in [1.54, 1.807) is 12.3 Å². The van der Waals surface area contributed by atoms with Gasteiger partial charge in [0.1, 0.15) is 0 Å². The van der Waals surface area contributed by atoms with Crippen molar-refractivity contribution in [3.8, 4) is 11.4 Å². The fourth-order valence-corrected chi connectivity index (χ4v) is 1.20. The maximum atomic E-state index is 10.8. The number of rotatable bonds is 2. The summed E-state index contributed by atoms with van der Waals surface area (Å²) in [4.78, 5) is 18.9. The number of carboxylic acids is 1. The summed E-state index contributed by atoms with van der Waals surface area (Å²) in [5.41, 5.74) is 1.17. The van der Waals surface area contributed by atoms with Crippen molar-refractivity contribution in [3.05, 3.63) is 29.8 Å². The lowest BCUT2D eigenvalue weighted by molar-refractivity contribution is 0.0691. The van der Waals surface area contributed by atoms with Crippen LogP contribution in [0.5, 0.6) is 0 Å². The molecule has 0 unspecified atom stereocenters. The minimum atomic E-state index is -1.08. The highest BCUT2D eigenvalue weighted by molar-refractivity contribution is 5.92. The molecule has 2 heterocycles. The molecular formula is C9H8N4O2. The Balaban J connectivity index is 2.54. The van der Waals surface area contributed by atoms with Gasteiger partial charge in [-0.2, -0.15) is 5.10 Å². The van der Waals surface area contributed by atoms with Crippen molar-refractivity contribution in [2.24, 2.45) is 0 Å². The van der Waals surface area contributed by atoms with Crippen LogP contribution < -0.4 is 0 Å². The van der Waals surface area contributed by atoms with Crippen LogP contribution in [0.3, 0.4) is 0 Å². The molecule has 2 aromatic rings. The Bertz CT molecular complexity index is 506. The van der Waals surface area contributed by atoms with Crippen LogP contribution in [0, 0.1) is 6.92 Å². The zero-order valence-corrected chi connectivity index (χ0v) is 7.93. The van der Waals surface area contributed by atoms with Gasteiger partial charge in [-0.05, 0) is 13.0 Å². The number of nitrogens with zero attached hydrogens (tertiary/aromatic N) is 3. The topological polar surface area (TPSA) is 91.8 Å². The van der Waals surface area contributed by atoms with E-state index < -0.39 is 5.97 Å². The average Bonchev–Trinajstić information content (AvgIpc) is 2.65. The third-order valence-corrected chi connectivity index (χ3v) is 1.89. The first kappa shape index (κ1) is 9.32. The molecule has 15 heavy (non-hydrogen) atoms. The number of aromatic amines is 1. The van der Waals surface area contributed by atoms with E-state index in [9.17, 15) is 4.79 Å². The number of aromatic nitrogens is 4. The first-order valence-electron chi connectivity index (χ1n) is 4.25. The van der Waals surface area contributed by atoms with Gasteiger partial charge in [0.15, 0.2) is 11.5 Å². The minimum absolute atomic E-state index is 0.000556. The second-order valence-corrected chi connectivity index (χ2v) is 2.99. The van der Waals surface area contributed by atoms with Gasteiger partial charge in [-0.1, -0.05) is 0 Å². The van der Waals surface area contributed by atoms with Gasteiger partial charge in [0, 0.05) is 11.9 Å². The highest BCUT2D eigenvalue weighted by atomic mass is 16.4. The summed E-state index contributed by atoms with van der Waals surface area (Å²) in [6.45, 7) is 1.81. The van der Waals surface area contributed by atoms with Crippen LogP contribution in [0.15, 0.2) is 18.5 Å². The van der Waals surface area contributed by atoms with Crippen molar-refractivity contribution in [1.82, 2.24) is 20.2 Å². The number of carboxylic acid groups (broad SMARTS) is 1. The van der Waals surface area contributed by atoms with Crippen molar-refractivity contribution in [3.63, 3.8) is 0 Å². The van der Waals surface area contributed by atoms with Crippen LogP contribution in [0.4, 0.5) is 0 Å². The summed E-state index contributed by atoms with van der Waals surface area (Å²) in [7, 11) is 0. The molecule has 0 radical (unpaired) electrons. The average molecular weight is 204 g/mol. The molecule has 6 nitrogen and oxygen atoms in total. The quantitative estimate of drug-likeness (QED) is 0.757. The monoisotopic (exact) mass is 204 g/mol. The summed E-state index contributed by atoms with van der Waals surface area (Å²) in [6.07, 6.45) is 2.98. The van der Waals surface area contributed by atoms with Gasteiger partial charge in [0.2, 0.25) is 0 Å². The van der Waals surface area contributed by atoms with Crippen LogP contribution in [0.2, 0.25) is 0 Å². The molecule has 0 bridgehead atoms. The summed E-state index contributed by atoms with van der Waals surface area (Å²) in [5.74, 6) is -0.714. The minimum Gasteiger partial charge on any atom is -0.477 e. The molecule has 0 spiro atoms. The van der Waals surface area contributed by atoms with E-state index in [2.05, 4.69) is 20.2 Å². The van der Waals surface area contributed by atoms with E-state index in [1.165, 1.54) is 6.20 Å². The molecule has 0 aromatic carbocycles. The molecule has 0 fully saturated rings. The van der Waals surface area contributed by atoms with E-state index in [0.29, 0.717) is 11.4 Å². The summed E-state index contributed by atoms with van der Waals surface area (Å²) < 4.78 is 0. The fraction of sp³-hybridized carbons (Fsp3) is 0.111. The lowest BCUT2D eigenvalue weighted by Crippen LogP contribution is -2.01. The fourth-order valence-electron chi connectivity index (χ4n) is 1.20. The Hall–Kier alpha value is -2.24. The SMILES string of the molecule is Cc1ccnc(-c2cn[nH]c2C(=O)O)n1. The van der Waals surface area contributed by atoms with Crippen molar-refractivity contribution in [1.29, 1.82) is 0 Å². The van der Waals surface area contributed by atoms with Gasteiger partial charge >= 0.3 is 5.97 Å². The van der Waals surface area contributed by atoms with E-state index in [-0.39, 0.29) is 5.69 Å². The van der Waals surface area contributed by atoms with Gasteiger partial charge in [0.05, 0.1) is 11.8 Å². The third-order valence-electron chi connectivity index (χ3n) is 1.89. The Morgan fingerprint density at radius 3 is 3.00 bits per heavy atom. The van der Waals surface area contributed by atoms with Crippen molar-refractivity contribution < 1.29 is 9.90 Å². The van der Waals surface area contributed by atoms with Gasteiger partial charge in [0.25, 0.3) is 0 Å². The molecule has 0 atom stereocenters. The molecule has 0 saturated heterocycles. The van der Waals surface area contributed by atoms with Gasteiger partial charge in [-0.25, -0.2) is 14.8 Å². The Labute approximate surface area is 85.0 Å². The van der Waals surface area contributed by atoms with Crippen molar-refractivity contribution in [2.75, 3.05) is 0 Å². The van der Waals surface area contributed by atoms with Crippen LogP contribution >= 0.6 is 0 Å². The van der Waals surface area contributed by atoms with Crippen LogP contribution in [0.25, 0.3) is 11.4 Å². The predicted octanol–water partition coefficient (Wildman–Crippen LogP) is 0.873. The Morgan fingerprint density at radius 2 is 2.33 bits per heavy atom. The lowest BCUT2D eigenvalue weighted by Gasteiger charge is -1.98. The van der Waals surface area contributed by atoms with Gasteiger partial charge < -0.3 is 5.11 Å². The van der Waals surface area contributed by atoms with Gasteiger partial charge in [-0.3, -0.25) is 5.10 Å². The summed E-state index contributed by atoms with van der Waals surface area (Å²) in [6, 6.07) is 1.74. The number of aromatic carboxylic acids is 1. The molecule has 0 aliphatic heterocycles. The van der Waals surface area contributed by atoms with E-state index in [4.69, 9.17) is 5.11 Å². The molecule has 0 aliphatic rings. The van der Waals surface area contributed by atoms with Crippen LogP contribution in [-0.2, 0) is 0 Å². The highest BCUT2D eigenvalue weighted by Gasteiger charge is 2.15. The highest BCUT2D eigenvalue weighted by Crippen LogP contribution is 2.17. The zero-order valence-electron chi connectivity index (χ0n) is 7.93. The molecule has 0 saturated carbocycles. The third kappa shape index (κ3) is 1.69. The Kier molecular flexibility index (Phi) is 2.17. The van der Waals surface area contributed by atoms with E-state index >= 15 is 0 Å².